The Hall–Kier alpha value is -6.27. The summed E-state index contributed by atoms with van der Waals surface area (Å²) in [5, 5.41) is 15.4. The van der Waals surface area contributed by atoms with Crippen molar-refractivity contribution in [3.8, 4) is 28.5 Å². The zero-order valence-electron chi connectivity index (χ0n) is 34.1. The summed E-state index contributed by atoms with van der Waals surface area (Å²) in [6.45, 7) is 11.0. The number of ether oxygens (including phenoxy) is 3. The van der Waals surface area contributed by atoms with Crippen LogP contribution in [-0.2, 0) is 24.4 Å². The van der Waals surface area contributed by atoms with Gasteiger partial charge in [-0.2, -0.15) is 8.42 Å². The van der Waals surface area contributed by atoms with Crippen molar-refractivity contribution in [2.75, 3.05) is 20.3 Å². The van der Waals surface area contributed by atoms with E-state index < -0.39 is 68.9 Å². The van der Waals surface area contributed by atoms with Crippen LogP contribution in [-0.4, -0.2) is 96.2 Å². The van der Waals surface area contributed by atoms with Crippen LogP contribution in [0.25, 0.3) is 32.4 Å². The van der Waals surface area contributed by atoms with Gasteiger partial charge >= 0.3 is 6.09 Å². The van der Waals surface area contributed by atoms with E-state index in [1.54, 1.807) is 70.3 Å². The van der Waals surface area contributed by atoms with Crippen molar-refractivity contribution in [3.63, 3.8) is 0 Å². The first-order valence-corrected chi connectivity index (χ1v) is 21.8. The summed E-state index contributed by atoms with van der Waals surface area (Å²) in [7, 11) is -2.96. The third-order valence-electron chi connectivity index (χ3n) is 10.7. The topological polar surface area (TPSA) is 215 Å². The molecular formula is C43H46N6O10S2. The van der Waals surface area contributed by atoms with Gasteiger partial charge in [0.05, 0.1) is 41.7 Å². The number of amides is 4. The molecule has 18 heteroatoms. The zero-order chi connectivity index (χ0) is 43.9. The van der Waals surface area contributed by atoms with Gasteiger partial charge in [0, 0.05) is 35.4 Å². The Labute approximate surface area is 356 Å². The van der Waals surface area contributed by atoms with Crippen LogP contribution in [0.4, 0.5) is 4.79 Å². The number of fused-ring (bicyclic) bond motifs is 2. The van der Waals surface area contributed by atoms with E-state index in [1.165, 1.54) is 11.0 Å². The van der Waals surface area contributed by atoms with Gasteiger partial charge in [-0.25, -0.2) is 19.5 Å². The van der Waals surface area contributed by atoms with Crippen LogP contribution in [0.3, 0.4) is 0 Å². The summed E-state index contributed by atoms with van der Waals surface area (Å²) in [6, 6.07) is 18.9. The van der Waals surface area contributed by atoms with Crippen molar-refractivity contribution in [2.24, 2.45) is 11.3 Å². The second kappa shape index (κ2) is 16.6. The summed E-state index contributed by atoms with van der Waals surface area (Å²) in [5.74, 6) is -1.58. The molecule has 0 radical (unpaired) electrons. The number of carbonyl (C=O) groups excluding carboxylic acids is 3. The number of pyridine rings is 1. The first-order valence-electron chi connectivity index (χ1n) is 19.5. The van der Waals surface area contributed by atoms with Crippen molar-refractivity contribution in [3.05, 3.63) is 85.5 Å². The van der Waals surface area contributed by atoms with E-state index in [9.17, 15) is 32.7 Å². The van der Waals surface area contributed by atoms with E-state index in [4.69, 9.17) is 19.2 Å². The fraction of sp³-hybridized carbons (Fsp3) is 0.349. The molecule has 61 heavy (non-hydrogen) atoms. The number of sulfonamides is 1. The number of likely N-dealkylation sites (tertiary alicyclic amines) is 1. The van der Waals surface area contributed by atoms with Gasteiger partial charge in [-0.05, 0) is 49.1 Å². The van der Waals surface area contributed by atoms with E-state index in [0.717, 1.165) is 16.9 Å². The summed E-state index contributed by atoms with van der Waals surface area (Å²) < 4.78 is 47.1. The van der Waals surface area contributed by atoms with Gasteiger partial charge in [-0.3, -0.25) is 14.4 Å². The summed E-state index contributed by atoms with van der Waals surface area (Å²) in [6.07, 6.45) is -0.819. The van der Waals surface area contributed by atoms with Crippen molar-refractivity contribution in [1.29, 1.82) is 0 Å². The first kappa shape index (κ1) is 42.8. The highest BCUT2D eigenvalue weighted by Gasteiger charge is 2.61. The van der Waals surface area contributed by atoms with Crippen LogP contribution < -0.4 is 29.6 Å². The zero-order valence-corrected chi connectivity index (χ0v) is 35.8. The van der Waals surface area contributed by atoms with Crippen molar-refractivity contribution >= 4 is 66.3 Å². The molecule has 2 aliphatic rings. The molecule has 5 atom stereocenters. The van der Waals surface area contributed by atoms with E-state index in [1.807, 2.05) is 37.3 Å². The fourth-order valence-corrected chi connectivity index (χ4v) is 9.79. The molecule has 1 aliphatic carbocycles. The fourth-order valence-electron chi connectivity index (χ4n) is 7.50. The molecule has 320 valence electrons. The standard InChI is InChI=1S/C43H46N6O10S2/c1-7-25-22-43(25,39(52)48-61(55,56)41-45-30-17-15-27(58-8-2)20-35(30)60-41)47-37(50)33-19-28(23-49(33)38(51)36(42(3,4)5)46-40(53)54)59-34-21-31(24-12-10-9-11-13-24)44-32-18-26(57-6)14-16-29(32)34/h7,9-18,20-21,25,28,33,36,46H,1,8,19,22-23H2,2-6H3,(H,47,50)(H,48,52)(H,53,54). The van der Waals surface area contributed by atoms with Gasteiger partial charge < -0.3 is 34.9 Å². The Morgan fingerprint density at radius 3 is 2.43 bits per heavy atom. The number of methoxy groups -OCH3 is 1. The van der Waals surface area contributed by atoms with Gasteiger partial charge in [0.1, 0.15) is 41.0 Å². The second-order valence-corrected chi connectivity index (χ2v) is 18.9. The van der Waals surface area contributed by atoms with Crippen LogP contribution in [0.2, 0.25) is 0 Å². The maximum absolute atomic E-state index is 14.5. The van der Waals surface area contributed by atoms with Crippen molar-refractivity contribution in [2.45, 2.75) is 68.6 Å². The van der Waals surface area contributed by atoms with Gasteiger partial charge in [0.2, 0.25) is 16.2 Å². The van der Waals surface area contributed by atoms with Crippen LogP contribution in [0.1, 0.15) is 40.5 Å². The van der Waals surface area contributed by atoms with Gasteiger partial charge in [0.25, 0.3) is 15.9 Å². The van der Waals surface area contributed by atoms with Gasteiger partial charge in [-0.15, -0.1) is 17.9 Å². The first-order chi connectivity index (χ1) is 29.0. The highest BCUT2D eigenvalue weighted by Crippen LogP contribution is 2.46. The van der Waals surface area contributed by atoms with Gasteiger partial charge in [-0.1, -0.05) is 57.2 Å². The quantitative estimate of drug-likeness (QED) is 0.102. The summed E-state index contributed by atoms with van der Waals surface area (Å²) in [4.78, 5) is 65.2. The predicted molar refractivity (Wildman–Crippen MR) is 228 cm³/mol. The number of benzene rings is 3. The highest BCUT2D eigenvalue weighted by molar-refractivity contribution is 7.92. The van der Waals surface area contributed by atoms with Crippen LogP contribution in [0, 0.1) is 11.3 Å². The minimum absolute atomic E-state index is 0.0294. The Morgan fingerprint density at radius 1 is 1.03 bits per heavy atom. The molecule has 0 spiro atoms. The second-order valence-electron chi connectivity index (χ2n) is 16.0. The van der Waals surface area contributed by atoms with E-state index in [-0.39, 0.29) is 23.7 Å². The molecule has 1 saturated carbocycles. The lowest BCUT2D eigenvalue weighted by molar-refractivity contribution is -0.142. The number of nitrogens with one attached hydrogen (secondary N) is 3. The predicted octanol–water partition coefficient (Wildman–Crippen LogP) is 5.52. The molecule has 16 nitrogen and oxygen atoms in total. The number of nitrogens with zero attached hydrogens (tertiary/aromatic N) is 3. The number of thiazole rings is 1. The Kier molecular flexibility index (Phi) is 11.7. The maximum atomic E-state index is 14.5. The third-order valence-corrected chi connectivity index (χ3v) is 13.5. The van der Waals surface area contributed by atoms with Crippen LogP contribution in [0.15, 0.2) is 89.8 Å². The molecule has 1 aliphatic heterocycles. The SMILES string of the molecule is C=CC1CC1(NC(=O)C1CC(Oc2cc(-c3ccccc3)nc3cc(OC)ccc23)CN1C(=O)C(NC(=O)O)C(C)(C)C)C(=O)NS(=O)(=O)c1nc2ccc(OCC)cc2s1. The molecule has 7 rings (SSSR count). The molecule has 4 amide bonds. The average molecular weight is 871 g/mol. The molecular weight excluding hydrogens is 825 g/mol. The highest BCUT2D eigenvalue weighted by atomic mass is 32.2. The lowest BCUT2D eigenvalue weighted by atomic mass is 9.85. The lowest BCUT2D eigenvalue weighted by Gasteiger charge is -2.35. The number of rotatable bonds is 14. The molecule has 5 unspecified atom stereocenters. The number of carboxylic acid groups (broad SMARTS) is 1. The van der Waals surface area contributed by atoms with E-state index in [2.05, 4.69) is 26.9 Å². The minimum Gasteiger partial charge on any atom is -0.497 e. The largest absolute Gasteiger partial charge is 0.497 e. The lowest BCUT2D eigenvalue weighted by Crippen LogP contribution is -2.60. The van der Waals surface area contributed by atoms with Crippen LogP contribution in [0.5, 0.6) is 17.2 Å². The monoisotopic (exact) mass is 870 g/mol. The molecule has 3 aromatic carbocycles. The minimum atomic E-state index is -4.51. The summed E-state index contributed by atoms with van der Waals surface area (Å²) in [5.41, 5.74) is -0.275. The third kappa shape index (κ3) is 8.81. The average Bonchev–Trinajstić information content (AvgIpc) is 3.51. The Bertz CT molecular complexity index is 2650. The number of aromatic nitrogens is 2. The Balaban J connectivity index is 1.19. The molecule has 0 bridgehead atoms. The molecule has 5 aromatic rings. The van der Waals surface area contributed by atoms with Crippen molar-refractivity contribution < 1.29 is 46.9 Å². The normalized spacial score (nSPS) is 20.4. The molecule has 1 saturated heterocycles. The van der Waals surface area contributed by atoms with Crippen LogP contribution >= 0.6 is 11.3 Å². The number of hydrogen-bond donors (Lipinski definition) is 4. The number of hydrogen-bond acceptors (Lipinski definition) is 12. The Morgan fingerprint density at radius 2 is 1.77 bits per heavy atom. The van der Waals surface area contributed by atoms with E-state index >= 15 is 0 Å². The summed E-state index contributed by atoms with van der Waals surface area (Å²) >= 11 is 0.856. The molecule has 2 aromatic heterocycles. The van der Waals surface area contributed by atoms with E-state index in [0.29, 0.717) is 50.7 Å². The van der Waals surface area contributed by atoms with Crippen molar-refractivity contribution in [1.82, 2.24) is 30.2 Å². The molecule has 4 N–H and O–H groups in total. The van der Waals surface area contributed by atoms with Gasteiger partial charge in [0.15, 0.2) is 0 Å². The number of carbonyl (C=O) groups is 4. The smallest absolute Gasteiger partial charge is 0.405 e. The maximum Gasteiger partial charge on any atom is 0.405 e. The molecule has 3 heterocycles. The molecule has 2 fully saturated rings.